The van der Waals surface area contributed by atoms with Crippen molar-refractivity contribution in [3.63, 3.8) is 0 Å². The van der Waals surface area contributed by atoms with Crippen molar-refractivity contribution in [2.45, 2.75) is 0 Å². The fraction of sp³-hybridized carbons (Fsp3) is 0. The first-order valence-corrected chi connectivity index (χ1v) is 13.6. The molecule has 8 aromatic rings. The van der Waals surface area contributed by atoms with Crippen molar-refractivity contribution in [2.75, 3.05) is 0 Å². The minimum absolute atomic E-state index is 0. The Morgan fingerprint density at radius 1 is 0.553 bits per heavy atom. The number of nitrogens with zero attached hydrogens (tertiary/aromatic N) is 2. The zero-order chi connectivity index (χ0) is 30.7. The molecule has 0 saturated carbocycles. The van der Waals surface area contributed by atoms with Crippen molar-refractivity contribution in [3.05, 3.63) is 166 Å². The van der Waals surface area contributed by atoms with Gasteiger partial charge >= 0.3 is 0 Å². The van der Waals surface area contributed by atoms with Crippen LogP contribution in [0.25, 0.3) is 44.8 Å². The van der Waals surface area contributed by atoms with Gasteiger partial charge in [0.05, 0.1) is 22.0 Å². The third-order valence-electron chi connectivity index (χ3n) is 6.48. The fourth-order valence-corrected chi connectivity index (χ4v) is 4.33. The summed E-state index contributed by atoms with van der Waals surface area (Å²) in [6.45, 7) is 0. The molecule has 0 spiro atoms. The molecular weight excluding hydrogens is 684 g/mol. The average molecular weight is 714 g/mol. The third kappa shape index (κ3) is 10.3. The molecule has 11 nitrogen and oxygen atoms in total. The van der Waals surface area contributed by atoms with E-state index in [1.807, 2.05) is 109 Å². The number of rotatable bonds is 4. The van der Waals surface area contributed by atoms with Crippen molar-refractivity contribution in [1.29, 1.82) is 0 Å². The van der Waals surface area contributed by atoms with E-state index < -0.39 is 9.85 Å². The molecule has 2 heterocycles. The number of hydrogen-bond acceptors (Lipinski definition) is 4. The summed E-state index contributed by atoms with van der Waals surface area (Å²) in [5, 5.41) is 21.3. The second kappa shape index (κ2) is 18.5. The Morgan fingerprint density at radius 3 is 1.21 bits per heavy atom. The van der Waals surface area contributed by atoms with E-state index in [4.69, 9.17) is 0 Å². The summed E-state index contributed by atoms with van der Waals surface area (Å²) in [5.41, 5.74) is 5.40. The predicted octanol–water partition coefficient (Wildman–Crippen LogP) is 6.53. The van der Waals surface area contributed by atoms with Gasteiger partial charge in [-0.15, -0.1) is 12.1 Å². The number of imidazole rings is 2. The van der Waals surface area contributed by atoms with Gasteiger partial charge in [-0.25, -0.2) is 24.3 Å². The Hall–Kier alpha value is -5.42. The maximum absolute atomic E-state index is 10.7. The quantitative estimate of drug-likeness (QED) is 0.0912. The van der Waals surface area contributed by atoms with E-state index in [1.165, 1.54) is 24.3 Å². The standard InChI is InChI=1S/2C12H8N3O2.2C5H5.2Fe.H2O/c2*16-15(17)9-5-6-10-11(7-9)14-12(13-10)8-3-1-2-4-8;2*1-2-4-5-3-1;;;/h2*1-7H,(H,13,14);2*1-5H;;;1H2/q4*-1;;;/p+2. The monoisotopic (exact) mass is 714 g/mol. The Morgan fingerprint density at radius 2 is 0.936 bits per heavy atom. The zero-order valence-electron chi connectivity index (χ0n) is 24.6. The normalized spacial score (nSPS) is 9.53. The first kappa shape index (κ1) is 37.8. The average Bonchev–Trinajstić information content (AvgIpc) is 3.88. The molecule has 6 aromatic carbocycles. The zero-order valence-corrected chi connectivity index (χ0v) is 26.8. The molecule has 0 aliphatic rings. The Kier molecular flexibility index (Phi) is 14.9. The van der Waals surface area contributed by atoms with E-state index in [1.54, 1.807) is 12.1 Å². The van der Waals surface area contributed by atoms with Gasteiger partial charge in [0.1, 0.15) is 0 Å². The summed E-state index contributed by atoms with van der Waals surface area (Å²) in [5.74, 6) is 1.70. The van der Waals surface area contributed by atoms with Crippen molar-refractivity contribution < 1.29 is 59.4 Å². The van der Waals surface area contributed by atoms with Crippen LogP contribution in [0.5, 0.6) is 0 Å². The predicted molar refractivity (Wildman–Crippen MR) is 173 cm³/mol. The topological polar surface area (TPSA) is 178 Å². The Labute approximate surface area is 290 Å². The number of H-pyrrole nitrogens is 4. The number of nitro groups is 2. The summed E-state index contributed by atoms with van der Waals surface area (Å²) in [6.07, 6.45) is 0. The van der Waals surface area contributed by atoms with Gasteiger partial charge in [-0.1, -0.05) is 11.1 Å². The molecule has 0 unspecified atom stereocenters. The second-order valence-corrected chi connectivity index (χ2v) is 9.50. The first-order chi connectivity index (χ1) is 21.5. The number of nitro benzene ring substituents is 2. The molecule has 244 valence electrons. The molecule has 0 fully saturated rings. The Balaban J connectivity index is 0.000000241. The van der Waals surface area contributed by atoms with Crippen LogP contribution in [0.2, 0.25) is 0 Å². The largest absolute Gasteiger partial charge is 0.412 e. The molecule has 0 radical (unpaired) electrons. The number of fused-ring (bicyclic) bond motifs is 2. The summed E-state index contributed by atoms with van der Waals surface area (Å²) < 4.78 is 0. The van der Waals surface area contributed by atoms with Crippen molar-refractivity contribution in [1.82, 2.24) is 9.97 Å². The van der Waals surface area contributed by atoms with Crippen LogP contribution in [0.15, 0.2) is 146 Å². The van der Waals surface area contributed by atoms with E-state index in [-0.39, 0.29) is 51.0 Å². The number of nitrogens with one attached hydrogen (secondary N) is 4. The molecule has 0 amide bonds. The van der Waals surface area contributed by atoms with E-state index >= 15 is 0 Å². The summed E-state index contributed by atoms with van der Waals surface area (Å²) in [7, 11) is 0. The number of aromatic nitrogens is 4. The number of non-ortho nitro benzene ring substituents is 2. The van der Waals surface area contributed by atoms with Crippen LogP contribution in [0.3, 0.4) is 0 Å². The Bertz CT molecular complexity index is 1850. The molecule has 0 saturated heterocycles. The van der Waals surface area contributed by atoms with E-state index in [0.717, 1.165) is 44.8 Å². The van der Waals surface area contributed by atoms with Crippen molar-refractivity contribution in [3.8, 4) is 22.8 Å². The van der Waals surface area contributed by atoms with Crippen LogP contribution in [0, 0.1) is 20.2 Å². The van der Waals surface area contributed by atoms with Gasteiger partial charge in [-0.05, 0) is 12.1 Å². The minimum atomic E-state index is -0.400. The molecule has 2 aromatic heterocycles. The van der Waals surface area contributed by atoms with Crippen LogP contribution in [0.4, 0.5) is 11.4 Å². The minimum Gasteiger partial charge on any atom is -0.412 e. The summed E-state index contributed by atoms with van der Waals surface area (Å²) in [4.78, 5) is 33.2. The number of benzene rings is 2. The van der Waals surface area contributed by atoms with Crippen molar-refractivity contribution in [2.24, 2.45) is 0 Å². The van der Waals surface area contributed by atoms with Gasteiger partial charge in [0.2, 0.25) is 11.6 Å². The van der Waals surface area contributed by atoms with E-state index in [9.17, 15) is 20.2 Å². The van der Waals surface area contributed by atoms with Crippen LogP contribution < -0.4 is 9.97 Å². The van der Waals surface area contributed by atoms with Gasteiger partial charge in [0.25, 0.3) is 11.4 Å². The number of hydrogen-bond donors (Lipinski definition) is 2. The van der Waals surface area contributed by atoms with Crippen LogP contribution in [-0.4, -0.2) is 25.3 Å². The van der Waals surface area contributed by atoms with Gasteiger partial charge in [0.15, 0.2) is 22.1 Å². The molecule has 0 bridgehead atoms. The van der Waals surface area contributed by atoms with E-state index in [2.05, 4.69) is 19.9 Å². The molecule has 8 rings (SSSR count). The third-order valence-corrected chi connectivity index (χ3v) is 6.48. The van der Waals surface area contributed by atoms with Gasteiger partial charge in [-0.3, -0.25) is 40.2 Å². The molecule has 0 atom stereocenters. The van der Waals surface area contributed by atoms with Crippen LogP contribution in [0.1, 0.15) is 0 Å². The van der Waals surface area contributed by atoms with Gasteiger partial charge in [0, 0.05) is 46.3 Å². The molecular formula is C34H30Fe2N6O5-2. The van der Waals surface area contributed by atoms with Crippen LogP contribution >= 0.6 is 0 Å². The van der Waals surface area contributed by atoms with Gasteiger partial charge < -0.3 is 5.48 Å². The fourth-order valence-electron chi connectivity index (χ4n) is 4.33. The first-order valence-electron chi connectivity index (χ1n) is 13.6. The molecule has 6 N–H and O–H groups in total. The molecule has 0 aliphatic carbocycles. The molecule has 13 heteroatoms. The maximum atomic E-state index is 10.7. The van der Waals surface area contributed by atoms with Crippen molar-refractivity contribution >= 4 is 33.4 Å². The smallest absolute Gasteiger partial charge is 0.273 e. The maximum Gasteiger partial charge on any atom is 0.273 e. The van der Waals surface area contributed by atoms with Crippen LogP contribution in [-0.2, 0) is 34.1 Å². The van der Waals surface area contributed by atoms with Gasteiger partial charge in [-0.2, -0.15) is 72.8 Å². The number of aromatic amines is 4. The second-order valence-electron chi connectivity index (χ2n) is 9.50. The molecule has 47 heavy (non-hydrogen) atoms. The molecule has 0 aliphatic heterocycles. The SMILES string of the molecule is O.O=[N+]([O-])c1ccc2[nH+]c(-c3ccc[cH-]3)[nH]c2c1.O=[N+]([O-])c1ccc2[nH+]c(-c3ccc[cH-]3)[nH]c2c1.[Fe].[Fe].c1cc[cH-]c1.c1cc[cH-]c1. The van der Waals surface area contributed by atoms with E-state index in [0.29, 0.717) is 0 Å². The summed E-state index contributed by atoms with van der Waals surface area (Å²) in [6, 6.07) is 45.1. The summed E-state index contributed by atoms with van der Waals surface area (Å²) >= 11 is 0.